The Morgan fingerprint density at radius 3 is 2.35 bits per heavy atom. The summed E-state index contributed by atoms with van der Waals surface area (Å²) in [7, 11) is 0. The summed E-state index contributed by atoms with van der Waals surface area (Å²) in [5.74, 6) is 0.481. The van der Waals surface area contributed by atoms with Gasteiger partial charge in [-0.15, -0.1) is 0 Å². The summed E-state index contributed by atoms with van der Waals surface area (Å²) in [6.45, 7) is 2.27. The Morgan fingerprint density at radius 1 is 0.900 bits per heavy atom. The van der Waals surface area contributed by atoms with Gasteiger partial charge in [0, 0.05) is 24.3 Å². The molecule has 2 aliphatic heterocycles. The maximum atomic E-state index is 10.4. The highest BCUT2D eigenvalue weighted by molar-refractivity contribution is 5.80. The molecule has 0 fully saturated rings. The fourth-order valence-corrected chi connectivity index (χ4v) is 3.73. The Bertz CT molecular complexity index is 646. The lowest BCUT2D eigenvalue weighted by Crippen LogP contribution is -2.34. The van der Waals surface area contributed by atoms with E-state index in [4.69, 9.17) is 0 Å². The van der Waals surface area contributed by atoms with Crippen molar-refractivity contribution < 1.29 is 5.11 Å². The van der Waals surface area contributed by atoms with Crippen molar-refractivity contribution in [2.75, 3.05) is 18.0 Å². The van der Waals surface area contributed by atoms with Crippen molar-refractivity contribution in [2.24, 2.45) is 0 Å². The monoisotopic (exact) mass is 265 g/mol. The van der Waals surface area contributed by atoms with Crippen LogP contribution < -0.4 is 4.90 Å². The molecular formula is C18H19NO. The Hall–Kier alpha value is -1.96. The normalized spacial score (nSPS) is 16.9. The molecule has 0 spiro atoms. The number of anilines is 1. The third-order valence-electron chi connectivity index (χ3n) is 4.60. The highest BCUT2D eigenvalue weighted by atomic mass is 16.3. The molecule has 2 aliphatic rings. The van der Waals surface area contributed by atoms with Crippen LogP contribution in [-0.2, 0) is 12.8 Å². The Labute approximate surface area is 119 Å². The molecule has 0 amide bonds. The van der Waals surface area contributed by atoms with Gasteiger partial charge in [0.1, 0.15) is 5.75 Å². The number of aromatic hydroxyl groups is 1. The molecule has 2 heteroatoms. The maximum absolute atomic E-state index is 10.4. The van der Waals surface area contributed by atoms with Crippen molar-refractivity contribution in [1.82, 2.24) is 0 Å². The minimum absolute atomic E-state index is 0.481. The molecule has 20 heavy (non-hydrogen) atoms. The molecule has 0 radical (unpaired) electrons. The van der Waals surface area contributed by atoms with Crippen molar-refractivity contribution in [3.63, 3.8) is 0 Å². The van der Waals surface area contributed by atoms with Crippen LogP contribution in [0.25, 0.3) is 11.1 Å². The van der Waals surface area contributed by atoms with Gasteiger partial charge in [-0.3, -0.25) is 0 Å². The van der Waals surface area contributed by atoms with Crippen molar-refractivity contribution in [1.29, 1.82) is 0 Å². The number of rotatable bonds is 1. The highest BCUT2D eigenvalue weighted by Crippen LogP contribution is 2.44. The first kappa shape index (κ1) is 11.8. The summed E-state index contributed by atoms with van der Waals surface area (Å²) in [4.78, 5) is 2.48. The molecule has 2 aromatic carbocycles. The van der Waals surface area contributed by atoms with E-state index in [0.717, 1.165) is 32.4 Å². The van der Waals surface area contributed by atoms with Crippen LogP contribution in [0.15, 0.2) is 36.4 Å². The number of hydrogen-bond acceptors (Lipinski definition) is 2. The number of nitrogens with zero attached hydrogens (tertiary/aromatic N) is 1. The van der Waals surface area contributed by atoms with E-state index in [1.807, 2.05) is 12.1 Å². The molecular weight excluding hydrogens is 246 g/mol. The second kappa shape index (κ2) is 4.55. The van der Waals surface area contributed by atoms with E-state index < -0.39 is 0 Å². The van der Waals surface area contributed by atoms with Crippen LogP contribution in [0, 0.1) is 0 Å². The predicted octanol–water partition coefficient (Wildman–Crippen LogP) is 3.76. The van der Waals surface area contributed by atoms with Crippen LogP contribution >= 0.6 is 0 Å². The van der Waals surface area contributed by atoms with Gasteiger partial charge in [0.25, 0.3) is 0 Å². The lowest BCUT2D eigenvalue weighted by Gasteiger charge is -2.38. The molecule has 0 unspecified atom stereocenters. The largest absolute Gasteiger partial charge is 0.508 e. The Kier molecular flexibility index (Phi) is 2.69. The zero-order chi connectivity index (χ0) is 13.5. The van der Waals surface area contributed by atoms with E-state index in [1.165, 1.54) is 34.4 Å². The molecule has 4 rings (SSSR count). The first-order valence-electron chi connectivity index (χ1n) is 7.52. The van der Waals surface area contributed by atoms with Gasteiger partial charge in [0.05, 0.1) is 0 Å². The van der Waals surface area contributed by atoms with Gasteiger partial charge in [-0.2, -0.15) is 0 Å². The SMILES string of the molecule is Oc1cc(-c2ccccc2)c2c3c1CCCN3CCC2. The van der Waals surface area contributed by atoms with E-state index in [2.05, 4.69) is 29.2 Å². The summed E-state index contributed by atoms with van der Waals surface area (Å²) >= 11 is 0. The van der Waals surface area contributed by atoms with Gasteiger partial charge in [-0.1, -0.05) is 30.3 Å². The minimum atomic E-state index is 0.481. The van der Waals surface area contributed by atoms with Crippen LogP contribution in [0.4, 0.5) is 5.69 Å². The van der Waals surface area contributed by atoms with Crippen LogP contribution in [0.3, 0.4) is 0 Å². The van der Waals surface area contributed by atoms with Crippen molar-refractivity contribution in [2.45, 2.75) is 25.7 Å². The molecule has 0 saturated heterocycles. The Balaban J connectivity index is 1.98. The molecule has 0 aliphatic carbocycles. The fourth-order valence-electron chi connectivity index (χ4n) is 3.73. The zero-order valence-electron chi connectivity index (χ0n) is 11.6. The molecule has 0 saturated carbocycles. The lowest BCUT2D eigenvalue weighted by molar-refractivity contribution is 0.463. The van der Waals surface area contributed by atoms with Crippen molar-refractivity contribution >= 4 is 5.69 Å². The molecule has 2 heterocycles. The second-order valence-corrected chi connectivity index (χ2v) is 5.81. The first-order chi connectivity index (χ1) is 9.84. The molecule has 2 aromatic rings. The second-order valence-electron chi connectivity index (χ2n) is 5.81. The van der Waals surface area contributed by atoms with Gasteiger partial charge < -0.3 is 10.0 Å². The average molecular weight is 265 g/mol. The molecule has 1 N–H and O–H groups in total. The molecule has 0 aromatic heterocycles. The summed E-state index contributed by atoms with van der Waals surface area (Å²) in [6, 6.07) is 12.4. The van der Waals surface area contributed by atoms with E-state index >= 15 is 0 Å². The molecule has 2 nitrogen and oxygen atoms in total. The van der Waals surface area contributed by atoms with Gasteiger partial charge in [-0.25, -0.2) is 0 Å². The summed E-state index contributed by atoms with van der Waals surface area (Å²) in [5.41, 5.74) is 6.38. The van der Waals surface area contributed by atoms with Crippen LogP contribution in [0.1, 0.15) is 24.0 Å². The fraction of sp³-hybridized carbons (Fsp3) is 0.333. The van der Waals surface area contributed by atoms with Gasteiger partial charge in [0.15, 0.2) is 0 Å². The van der Waals surface area contributed by atoms with E-state index in [0.29, 0.717) is 5.75 Å². The lowest BCUT2D eigenvalue weighted by atomic mass is 9.86. The van der Waals surface area contributed by atoms with Crippen LogP contribution in [0.5, 0.6) is 5.75 Å². The predicted molar refractivity (Wildman–Crippen MR) is 82.4 cm³/mol. The summed E-state index contributed by atoms with van der Waals surface area (Å²) in [5, 5.41) is 10.4. The summed E-state index contributed by atoms with van der Waals surface area (Å²) in [6.07, 6.45) is 4.52. The van der Waals surface area contributed by atoms with E-state index in [-0.39, 0.29) is 0 Å². The van der Waals surface area contributed by atoms with Gasteiger partial charge >= 0.3 is 0 Å². The van der Waals surface area contributed by atoms with Gasteiger partial charge in [0.2, 0.25) is 0 Å². The van der Waals surface area contributed by atoms with Crippen LogP contribution in [0.2, 0.25) is 0 Å². The highest BCUT2D eigenvalue weighted by Gasteiger charge is 2.28. The molecule has 102 valence electrons. The maximum Gasteiger partial charge on any atom is 0.121 e. The number of hydrogen-bond donors (Lipinski definition) is 1. The van der Waals surface area contributed by atoms with Crippen molar-refractivity contribution in [3.05, 3.63) is 47.5 Å². The topological polar surface area (TPSA) is 23.5 Å². The number of phenolic OH excluding ortho intramolecular Hbond substituents is 1. The van der Waals surface area contributed by atoms with E-state index in [9.17, 15) is 5.11 Å². The average Bonchev–Trinajstić information content (AvgIpc) is 2.52. The first-order valence-corrected chi connectivity index (χ1v) is 7.52. The van der Waals surface area contributed by atoms with Gasteiger partial charge in [-0.05, 0) is 48.4 Å². The quantitative estimate of drug-likeness (QED) is 0.848. The van der Waals surface area contributed by atoms with E-state index in [1.54, 1.807) is 0 Å². The third kappa shape index (κ3) is 1.71. The smallest absolute Gasteiger partial charge is 0.121 e. The summed E-state index contributed by atoms with van der Waals surface area (Å²) < 4.78 is 0. The third-order valence-corrected chi connectivity index (χ3v) is 4.60. The standard InChI is InChI=1S/C18H19NO/c20-17-12-16(13-6-2-1-3-7-13)14-8-4-10-19-11-5-9-15(17)18(14)19/h1-3,6-7,12,20H,4-5,8-11H2. The zero-order valence-corrected chi connectivity index (χ0v) is 11.6. The molecule has 0 bridgehead atoms. The molecule has 0 atom stereocenters. The van der Waals surface area contributed by atoms with Crippen molar-refractivity contribution in [3.8, 4) is 16.9 Å². The Morgan fingerprint density at radius 2 is 1.60 bits per heavy atom. The number of phenols is 1. The number of benzene rings is 2. The minimum Gasteiger partial charge on any atom is -0.508 e. The van der Waals surface area contributed by atoms with Crippen LogP contribution in [-0.4, -0.2) is 18.2 Å².